The van der Waals surface area contributed by atoms with Crippen molar-refractivity contribution in [2.75, 3.05) is 13.1 Å². The number of aliphatic carboxylic acids is 1. The molecule has 2 unspecified atom stereocenters. The van der Waals surface area contributed by atoms with Gasteiger partial charge in [0.05, 0.1) is 5.92 Å². The number of carboxylic acids is 1. The number of carbonyl (C=O) groups excluding carboxylic acids is 3. The monoisotopic (exact) mass is 656 g/mol. The minimum atomic E-state index is -1.28. The lowest BCUT2D eigenvalue weighted by Crippen LogP contribution is -2.33. The maximum atomic E-state index is 12.6. The molecule has 0 radical (unpaired) electrons. The first kappa shape index (κ1) is 39.5. The molecule has 1 aromatic rings. The minimum Gasteiger partial charge on any atom is -0.481 e. The fourth-order valence-electron chi connectivity index (χ4n) is 4.79. The summed E-state index contributed by atoms with van der Waals surface area (Å²) in [4.78, 5) is 49.1. The molecule has 3 N–H and O–H groups in total. The van der Waals surface area contributed by atoms with E-state index in [4.69, 9.17) is 4.74 Å². The average Bonchev–Trinajstić information content (AvgIpc) is 3.40. The van der Waals surface area contributed by atoms with Crippen molar-refractivity contribution in [3.05, 3.63) is 121 Å². The molecular weight excluding hydrogens is 604 g/mol. The molecule has 8 nitrogen and oxygen atoms in total. The standard InChI is InChI=1S/C40H52N2O6/c1-3-4-5-6-7-8-9-10-11-12-13-14-15-16-17-18-19-20-24-27-37(44)41-30-28-33(39(46)47)29-31-42-38(45)35-32-36(43)40(2,48-35)34-25-22-21-23-26-34/h4-5,7-8,10-11,13-14,16-17,19-23,25-26,32-33H,3,6,9,12,15,18,24,27-31H2,1-2H3,(H,41,44)(H,42,45)(H,46,47)/b5-4-,8-7-,11-10-,14-13-,17-16-,20-19-. The molecule has 0 fully saturated rings. The summed E-state index contributed by atoms with van der Waals surface area (Å²) in [7, 11) is 0. The van der Waals surface area contributed by atoms with E-state index >= 15 is 0 Å². The van der Waals surface area contributed by atoms with Crippen LogP contribution in [0.4, 0.5) is 0 Å². The molecule has 0 aromatic heterocycles. The second kappa shape index (κ2) is 23.6. The van der Waals surface area contributed by atoms with Crippen LogP contribution in [0.25, 0.3) is 0 Å². The summed E-state index contributed by atoms with van der Waals surface area (Å²) in [6, 6.07) is 8.92. The van der Waals surface area contributed by atoms with E-state index in [-0.39, 0.29) is 43.4 Å². The zero-order valence-electron chi connectivity index (χ0n) is 28.4. The third-order valence-corrected chi connectivity index (χ3v) is 7.67. The van der Waals surface area contributed by atoms with Crippen molar-refractivity contribution in [2.45, 2.75) is 83.7 Å². The van der Waals surface area contributed by atoms with Crippen molar-refractivity contribution in [1.29, 1.82) is 0 Å². The highest BCUT2D eigenvalue weighted by Crippen LogP contribution is 2.34. The topological polar surface area (TPSA) is 122 Å². The zero-order chi connectivity index (χ0) is 34.9. The first-order valence-electron chi connectivity index (χ1n) is 17.0. The van der Waals surface area contributed by atoms with Gasteiger partial charge in [-0.05, 0) is 64.7 Å². The number of hydrogen-bond donors (Lipinski definition) is 3. The molecule has 0 spiro atoms. The van der Waals surface area contributed by atoms with E-state index in [0.717, 1.165) is 38.5 Å². The van der Waals surface area contributed by atoms with Crippen LogP contribution in [0.1, 0.15) is 83.6 Å². The Bertz CT molecular complexity index is 1370. The highest BCUT2D eigenvalue weighted by Gasteiger charge is 2.43. The molecule has 48 heavy (non-hydrogen) atoms. The molecule has 0 bridgehead atoms. The third-order valence-electron chi connectivity index (χ3n) is 7.67. The molecule has 1 aliphatic rings. The Morgan fingerprint density at radius 2 is 1.27 bits per heavy atom. The molecular formula is C40H52N2O6. The number of ether oxygens (including phenoxy) is 1. The summed E-state index contributed by atoms with van der Waals surface area (Å²) in [6.45, 7) is 4.06. The van der Waals surface area contributed by atoms with Crippen molar-refractivity contribution in [2.24, 2.45) is 5.92 Å². The van der Waals surface area contributed by atoms with Crippen molar-refractivity contribution in [3.63, 3.8) is 0 Å². The van der Waals surface area contributed by atoms with E-state index in [1.807, 2.05) is 18.2 Å². The summed E-state index contributed by atoms with van der Waals surface area (Å²) < 4.78 is 5.73. The van der Waals surface area contributed by atoms with E-state index in [1.54, 1.807) is 31.2 Å². The predicted molar refractivity (Wildman–Crippen MR) is 192 cm³/mol. The van der Waals surface area contributed by atoms with Gasteiger partial charge in [-0.25, -0.2) is 0 Å². The molecule has 0 saturated heterocycles. The molecule has 2 atom stereocenters. The fraction of sp³-hybridized carbons (Fsp3) is 0.400. The van der Waals surface area contributed by atoms with Gasteiger partial charge in [0.1, 0.15) is 0 Å². The van der Waals surface area contributed by atoms with Gasteiger partial charge in [-0.1, -0.05) is 110 Å². The fourth-order valence-corrected chi connectivity index (χ4v) is 4.79. The number of allylic oxidation sites excluding steroid dienone is 12. The average molecular weight is 657 g/mol. The quantitative estimate of drug-likeness (QED) is 0.104. The second-order valence-corrected chi connectivity index (χ2v) is 11.5. The molecule has 0 saturated carbocycles. The number of hydrogen-bond acceptors (Lipinski definition) is 5. The van der Waals surface area contributed by atoms with Gasteiger partial charge in [0, 0.05) is 31.1 Å². The van der Waals surface area contributed by atoms with Gasteiger partial charge >= 0.3 is 5.97 Å². The number of benzene rings is 1. The van der Waals surface area contributed by atoms with Crippen molar-refractivity contribution < 1.29 is 29.0 Å². The van der Waals surface area contributed by atoms with Gasteiger partial charge in [-0.2, -0.15) is 0 Å². The van der Waals surface area contributed by atoms with Crippen LogP contribution in [0.5, 0.6) is 0 Å². The normalized spacial score (nSPS) is 17.3. The Kier molecular flexibility index (Phi) is 19.4. The highest BCUT2D eigenvalue weighted by molar-refractivity contribution is 6.07. The molecule has 1 aliphatic heterocycles. The van der Waals surface area contributed by atoms with Crippen LogP contribution >= 0.6 is 0 Å². The molecule has 8 heteroatoms. The van der Waals surface area contributed by atoms with E-state index < -0.39 is 23.4 Å². The molecule has 258 valence electrons. The number of nitrogens with one attached hydrogen (secondary N) is 2. The van der Waals surface area contributed by atoms with Crippen LogP contribution in [0, 0.1) is 5.92 Å². The van der Waals surface area contributed by atoms with Gasteiger partial charge in [0.25, 0.3) is 5.91 Å². The number of ketones is 1. The lowest BCUT2D eigenvalue weighted by molar-refractivity contribution is -0.142. The number of rotatable bonds is 23. The first-order valence-corrected chi connectivity index (χ1v) is 17.0. The third kappa shape index (κ3) is 15.7. The van der Waals surface area contributed by atoms with Crippen LogP contribution in [0.2, 0.25) is 0 Å². The smallest absolute Gasteiger partial charge is 0.306 e. The molecule has 1 heterocycles. The van der Waals surface area contributed by atoms with Gasteiger partial charge in [-0.3, -0.25) is 19.2 Å². The summed E-state index contributed by atoms with van der Waals surface area (Å²) in [5, 5.41) is 15.0. The van der Waals surface area contributed by atoms with Crippen molar-refractivity contribution >= 4 is 23.6 Å². The van der Waals surface area contributed by atoms with E-state index in [9.17, 15) is 24.3 Å². The Morgan fingerprint density at radius 1 is 0.771 bits per heavy atom. The highest BCUT2D eigenvalue weighted by atomic mass is 16.5. The van der Waals surface area contributed by atoms with Gasteiger partial charge in [-0.15, -0.1) is 0 Å². The molecule has 2 amide bonds. The Morgan fingerprint density at radius 3 is 1.79 bits per heavy atom. The van der Waals surface area contributed by atoms with Crippen LogP contribution in [-0.2, 0) is 29.5 Å². The molecule has 0 aliphatic carbocycles. The maximum absolute atomic E-state index is 12.6. The van der Waals surface area contributed by atoms with E-state index in [2.05, 4.69) is 78.3 Å². The molecule has 2 rings (SSSR count). The first-order chi connectivity index (χ1) is 23.3. The number of carboxylic acid groups (broad SMARTS) is 1. The number of amides is 2. The minimum absolute atomic E-state index is 0.0867. The lowest BCUT2D eigenvalue weighted by atomic mass is 9.92. The Hall–Kier alpha value is -4.72. The largest absolute Gasteiger partial charge is 0.481 e. The Balaban J connectivity index is 1.54. The summed E-state index contributed by atoms with van der Waals surface area (Å²) in [6.07, 6.45) is 33.8. The predicted octanol–water partition coefficient (Wildman–Crippen LogP) is 7.58. The van der Waals surface area contributed by atoms with E-state index in [1.165, 1.54) is 6.08 Å². The van der Waals surface area contributed by atoms with Crippen LogP contribution in [0.3, 0.4) is 0 Å². The molecule has 1 aromatic carbocycles. The van der Waals surface area contributed by atoms with Crippen LogP contribution in [0.15, 0.2) is 115 Å². The van der Waals surface area contributed by atoms with Crippen LogP contribution < -0.4 is 10.6 Å². The zero-order valence-corrected chi connectivity index (χ0v) is 28.4. The van der Waals surface area contributed by atoms with Gasteiger partial charge < -0.3 is 20.5 Å². The second-order valence-electron chi connectivity index (χ2n) is 11.5. The maximum Gasteiger partial charge on any atom is 0.306 e. The SMILES string of the molecule is CC/C=C\C/C=C\C/C=C\C/C=C\C/C=C\C/C=C\CCC(=O)NCCC(CCNC(=O)C1=CC(=O)C(C)(c2ccccc2)O1)C(=O)O. The summed E-state index contributed by atoms with van der Waals surface area (Å²) >= 11 is 0. The van der Waals surface area contributed by atoms with E-state index in [0.29, 0.717) is 18.4 Å². The lowest BCUT2D eigenvalue weighted by Gasteiger charge is -2.24. The summed E-state index contributed by atoms with van der Waals surface area (Å²) in [5.41, 5.74) is -0.638. The summed E-state index contributed by atoms with van der Waals surface area (Å²) in [5.74, 6) is -2.89. The van der Waals surface area contributed by atoms with Crippen molar-refractivity contribution in [1.82, 2.24) is 10.6 Å². The Labute approximate surface area is 286 Å². The van der Waals surface area contributed by atoms with Gasteiger partial charge in [0.2, 0.25) is 11.7 Å². The van der Waals surface area contributed by atoms with Crippen LogP contribution in [-0.4, -0.2) is 41.8 Å². The number of carbonyl (C=O) groups is 4. The van der Waals surface area contributed by atoms with Crippen molar-refractivity contribution in [3.8, 4) is 0 Å². The van der Waals surface area contributed by atoms with Gasteiger partial charge in [0.15, 0.2) is 11.4 Å².